The van der Waals surface area contributed by atoms with E-state index in [-0.39, 0.29) is 6.10 Å². The van der Waals surface area contributed by atoms with Crippen LogP contribution in [0.25, 0.3) is 0 Å². The van der Waals surface area contributed by atoms with Gasteiger partial charge >= 0.3 is 0 Å². The van der Waals surface area contributed by atoms with E-state index in [2.05, 4.69) is 46.3 Å². The van der Waals surface area contributed by atoms with Crippen LogP contribution in [0, 0.1) is 6.92 Å². The van der Waals surface area contributed by atoms with Crippen LogP contribution >= 0.6 is 0 Å². The summed E-state index contributed by atoms with van der Waals surface area (Å²) in [6, 6.07) is 8.62. The number of benzene rings is 1. The maximum atomic E-state index is 5.76. The lowest BCUT2D eigenvalue weighted by atomic mass is 10.0. The number of ether oxygens (including phenoxy) is 1. The van der Waals surface area contributed by atoms with E-state index in [1.54, 1.807) is 6.92 Å². The fourth-order valence-electron chi connectivity index (χ4n) is 2.74. The van der Waals surface area contributed by atoms with Gasteiger partial charge in [-0.2, -0.15) is 0 Å². The van der Waals surface area contributed by atoms with Crippen LogP contribution in [0.5, 0.6) is 0 Å². The van der Waals surface area contributed by atoms with Crippen molar-refractivity contribution in [2.45, 2.75) is 32.9 Å². The van der Waals surface area contributed by atoms with E-state index >= 15 is 0 Å². The Morgan fingerprint density at radius 1 is 1.24 bits per heavy atom. The third-order valence-electron chi connectivity index (χ3n) is 3.86. The first-order valence-electron chi connectivity index (χ1n) is 7.47. The molecule has 5 nitrogen and oxygen atoms in total. The summed E-state index contributed by atoms with van der Waals surface area (Å²) in [7, 11) is 0. The summed E-state index contributed by atoms with van der Waals surface area (Å²) < 4.78 is 11.3. The van der Waals surface area contributed by atoms with Gasteiger partial charge in [0.2, 0.25) is 11.8 Å². The molecule has 0 saturated carbocycles. The zero-order valence-corrected chi connectivity index (χ0v) is 12.6. The summed E-state index contributed by atoms with van der Waals surface area (Å²) in [5.41, 5.74) is 2.80. The van der Waals surface area contributed by atoms with Crippen LogP contribution in [0.2, 0.25) is 0 Å². The van der Waals surface area contributed by atoms with E-state index in [1.807, 2.05) is 0 Å². The molecule has 0 bridgehead atoms. The number of morpholine rings is 1. The number of hydrogen-bond acceptors (Lipinski definition) is 5. The van der Waals surface area contributed by atoms with Gasteiger partial charge in [0, 0.05) is 26.6 Å². The molecule has 112 valence electrons. The standard InChI is InChI=1S/C16H21N3O2/c1-3-13-6-4-5-7-14(13)10-19-8-9-20-15(11-19)16-18-17-12(2)21-16/h4-7,15H,3,8-11H2,1-2H3. The zero-order chi connectivity index (χ0) is 14.7. The van der Waals surface area contributed by atoms with Crippen molar-refractivity contribution in [1.82, 2.24) is 15.1 Å². The lowest BCUT2D eigenvalue weighted by molar-refractivity contribution is -0.0457. The second-order valence-electron chi connectivity index (χ2n) is 5.38. The van der Waals surface area contributed by atoms with Crippen LogP contribution in [0.15, 0.2) is 28.7 Å². The average molecular weight is 287 g/mol. The highest BCUT2D eigenvalue weighted by molar-refractivity contribution is 5.27. The normalized spacial score (nSPS) is 19.8. The summed E-state index contributed by atoms with van der Waals surface area (Å²) in [6.07, 6.45) is 0.945. The molecule has 0 spiro atoms. The molecule has 1 atom stereocenters. The summed E-state index contributed by atoms with van der Waals surface area (Å²) in [5.74, 6) is 1.17. The zero-order valence-electron chi connectivity index (χ0n) is 12.6. The largest absolute Gasteiger partial charge is 0.423 e. The molecule has 21 heavy (non-hydrogen) atoms. The van der Waals surface area contributed by atoms with Gasteiger partial charge in [-0.3, -0.25) is 4.90 Å². The van der Waals surface area contributed by atoms with Gasteiger partial charge in [0.25, 0.3) is 0 Å². The van der Waals surface area contributed by atoms with Gasteiger partial charge in [0.15, 0.2) is 0 Å². The quantitative estimate of drug-likeness (QED) is 0.865. The molecular weight excluding hydrogens is 266 g/mol. The molecule has 1 aliphatic rings. The number of aromatic nitrogens is 2. The van der Waals surface area contributed by atoms with Crippen LogP contribution in [-0.4, -0.2) is 34.8 Å². The summed E-state index contributed by atoms with van der Waals surface area (Å²) in [5, 5.41) is 7.96. The Morgan fingerprint density at radius 3 is 2.76 bits per heavy atom. The summed E-state index contributed by atoms with van der Waals surface area (Å²) >= 11 is 0. The second-order valence-corrected chi connectivity index (χ2v) is 5.38. The molecule has 5 heteroatoms. The molecule has 1 saturated heterocycles. The van der Waals surface area contributed by atoms with Crippen LogP contribution in [-0.2, 0) is 17.7 Å². The highest BCUT2D eigenvalue weighted by Gasteiger charge is 2.26. The van der Waals surface area contributed by atoms with Crippen molar-refractivity contribution in [3.63, 3.8) is 0 Å². The number of nitrogens with zero attached hydrogens (tertiary/aromatic N) is 3. The van der Waals surface area contributed by atoms with Crippen molar-refractivity contribution in [3.8, 4) is 0 Å². The molecule has 1 aromatic carbocycles. The third-order valence-corrected chi connectivity index (χ3v) is 3.86. The van der Waals surface area contributed by atoms with Crippen molar-refractivity contribution >= 4 is 0 Å². The number of hydrogen-bond donors (Lipinski definition) is 0. The highest BCUT2D eigenvalue weighted by atomic mass is 16.5. The molecule has 3 rings (SSSR count). The fraction of sp³-hybridized carbons (Fsp3) is 0.500. The van der Waals surface area contributed by atoms with Crippen LogP contribution in [0.1, 0.15) is 35.9 Å². The van der Waals surface area contributed by atoms with Crippen LogP contribution in [0.4, 0.5) is 0 Å². The van der Waals surface area contributed by atoms with Gasteiger partial charge in [0.05, 0.1) is 6.61 Å². The monoisotopic (exact) mass is 287 g/mol. The first-order chi connectivity index (χ1) is 10.3. The molecular formula is C16H21N3O2. The van der Waals surface area contributed by atoms with E-state index in [4.69, 9.17) is 9.15 Å². The van der Waals surface area contributed by atoms with Gasteiger partial charge in [0.1, 0.15) is 6.10 Å². The van der Waals surface area contributed by atoms with Gasteiger partial charge in [-0.25, -0.2) is 0 Å². The number of rotatable bonds is 4. The van der Waals surface area contributed by atoms with E-state index in [0.29, 0.717) is 18.4 Å². The van der Waals surface area contributed by atoms with Gasteiger partial charge in [-0.05, 0) is 17.5 Å². The smallest absolute Gasteiger partial charge is 0.246 e. The molecule has 1 aromatic heterocycles. The molecule has 0 amide bonds. The molecule has 0 radical (unpaired) electrons. The van der Waals surface area contributed by atoms with Crippen molar-refractivity contribution in [3.05, 3.63) is 47.2 Å². The maximum Gasteiger partial charge on any atom is 0.246 e. The molecule has 2 aromatic rings. The fourth-order valence-corrected chi connectivity index (χ4v) is 2.74. The first kappa shape index (κ1) is 14.2. The van der Waals surface area contributed by atoms with Crippen molar-refractivity contribution in [1.29, 1.82) is 0 Å². The lowest BCUT2D eigenvalue weighted by Gasteiger charge is -2.31. The predicted octanol–water partition coefficient (Wildman–Crippen LogP) is 2.51. The highest BCUT2D eigenvalue weighted by Crippen LogP contribution is 2.23. The average Bonchev–Trinajstić information content (AvgIpc) is 2.95. The first-order valence-corrected chi connectivity index (χ1v) is 7.47. The third kappa shape index (κ3) is 3.31. The molecule has 0 aliphatic carbocycles. The Kier molecular flexibility index (Phi) is 4.31. The molecule has 1 fully saturated rings. The SMILES string of the molecule is CCc1ccccc1CN1CCOC(c2nnc(C)o2)C1. The van der Waals surface area contributed by atoms with Gasteiger partial charge < -0.3 is 9.15 Å². The van der Waals surface area contributed by atoms with Crippen molar-refractivity contribution < 1.29 is 9.15 Å². The van der Waals surface area contributed by atoms with E-state index in [9.17, 15) is 0 Å². The topological polar surface area (TPSA) is 51.4 Å². The Balaban J connectivity index is 1.69. The molecule has 0 N–H and O–H groups in total. The minimum absolute atomic E-state index is 0.117. The van der Waals surface area contributed by atoms with E-state index in [0.717, 1.165) is 26.1 Å². The predicted molar refractivity (Wildman–Crippen MR) is 78.8 cm³/mol. The Hall–Kier alpha value is -1.72. The summed E-state index contributed by atoms with van der Waals surface area (Å²) in [4.78, 5) is 2.39. The van der Waals surface area contributed by atoms with Gasteiger partial charge in [-0.1, -0.05) is 31.2 Å². The lowest BCUT2D eigenvalue weighted by Crippen LogP contribution is -2.38. The van der Waals surface area contributed by atoms with E-state index < -0.39 is 0 Å². The minimum atomic E-state index is -0.117. The van der Waals surface area contributed by atoms with E-state index in [1.165, 1.54) is 11.1 Å². The molecule has 2 heterocycles. The van der Waals surface area contributed by atoms with Crippen LogP contribution < -0.4 is 0 Å². The summed E-state index contributed by atoms with van der Waals surface area (Å²) in [6.45, 7) is 7.36. The molecule has 1 aliphatic heterocycles. The Labute approximate surface area is 124 Å². The van der Waals surface area contributed by atoms with Crippen LogP contribution in [0.3, 0.4) is 0 Å². The second kappa shape index (κ2) is 6.37. The van der Waals surface area contributed by atoms with Crippen molar-refractivity contribution in [2.24, 2.45) is 0 Å². The van der Waals surface area contributed by atoms with Crippen molar-refractivity contribution in [2.75, 3.05) is 19.7 Å². The maximum absolute atomic E-state index is 5.76. The Bertz CT molecular complexity index is 597. The number of aryl methyl sites for hydroxylation is 2. The molecule has 1 unspecified atom stereocenters. The minimum Gasteiger partial charge on any atom is -0.423 e. The van der Waals surface area contributed by atoms with Gasteiger partial charge in [-0.15, -0.1) is 10.2 Å². The Morgan fingerprint density at radius 2 is 2.05 bits per heavy atom.